The predicted molar refractivity (Wildman–Crippen MR) is 101 cm³/mol. The highest BCUT2D eigenvalue weighted by Gasteiger charge is 2.26. The van der Waals surface area contributed by atoms with Crippen LogP contribution in [-0.2, 0) is 14.3 Å². The number of nitrogens with two attached hydrogens (primary N) is 1. The molecule has 0 bridgehead atoms. The molecule has 1 fully saturated rings. The first-order valence-corrected chi connectivity index (χ1v) is 8.53. The van der Waals surface area contributed by atoms with Crippen LogP contribution < -0.4 is 16.4 Å². The van der Waals surface area contributed by atoms with Crippen LogP contribution in [0.3, 0.4) is 0 Å². The van der Waals surface area contributed by atoms with E-state index in [2.05, 4.69) is 10.6 Å². The van der Waals surface area contributed by atoms with Crippen LogP contribution in [0.1, 0.15) is 24.8 Å². The molecule has 140 valence electrons. The quantitative estimate of drug-likeness (QED) is 0.695. The Hall–Kier alpha value is -1.34. The first kappa shape index (κ1) is 21.7. The summed E-state index contributed by atoms with van der Waals surface area (Å²) in [6, 6.07) is 4.79. The van der Waals surface area contributed by atoms with E-state index in [1.807, 2.05) is 6.92 Å². The largest absolute Gasteiger partial charge is 0.381 e. The fraction of sp³-hybridized carbons (Fsp3) is 0.529. The summed E-state index contributed by atoms with van der Waals surface area (Å²) in [5, 5.41) is 6.13. The molecule has 0 aromatic heterocycles. The first-order chi connectivity index (χ1) is 11.5. The molecule has 1 aliphatic rings. The summed E-state index contributed by atoms with van der Waals surface area (Å²) in [4.78, 5) is 24.0. The Kier molecular flexibility index (Phi) is 9.21. The lowest BCUT2D eigenvalue weighted by atomic mass is 9.92. The molecular formula is C17H25Cl2N3O3. The molecule has 6 nitrogen and oxygen atoms in total. The molecule has 8 heteroatoms. The third-order valence-electron chi connectivity index (χ3n) is 4.27. The number of hydrogen-bond donors (Lipinski definition) is 3. The molecule has 1 aromatic carbocycles. The Labute approximate surface area is 159 Å². The van der Waals surface area contributed by atoms with Gasteiger partial charge in [0.05, 0.1) is 6.04 Å². The van der Waals surface area contributed by atoms with Crippen LogP contribution in [0.15, 0.2) is 18.2 Å². The van der Waals surface area contributed by atoms with E-state index < -0.39 is 6.04 Å². The van der Waals surface area contributed by atoms with Gasteiger partial charge in [-0.05, 0) is 43.4 Å². The average molecular weight is 390 g/mol. The minimum atomic E-state index is -0.549. The second-order valence-corrected chi connectivity index (χ2v) is 6.38. The van der Waals surface area contributed by atoms with Gasteiger partial charge in [0.2, 0.25) is 11.8 Å². The van der Waals surface area contributed by atoms with E-state index in [0.717, 1.165) is 18.4 Å². The average Bonchev–Trinajstić information content (AvgIpc) is 2.59. The summed E-state index contributed by atoms with van der Waals surface area (Å²) in [6.07, 6.45) is 1.77. The van der Waals surface area contributed by atoms with E-state index in [1.165, 1.54) is 0 Å². The summed E-state index contributed by atoms with van der Waals surface area (Å²) in [5.74, 6) is -0.254. The summed E-state index contributed by atoms with van der Waals surface area (Å²) >= 11 is 6.02. The number of anilines is 1. The van der Waals surface area contributed by atoms with Crippen molar-refractivity contribution >= 4 is 41.5 Å². The number of carbonyl (C=O) groups excluding carboxylic acids is 2. The fourth-order valence-electron chi connectivity index (χ4n) is 2.66. The van der Waals surface area contributed by atoms with Gasteiger partial charge < -0.3 is 21.1 Å². The van der Waals surface area contributed by atoms with Crippen molar-refractivity contribution in [1.82, 2.24) is 5.32 Å². The molecule has 1 atom stereocenters. The highest BCUT2D eigenvalue weighted by molar-refractivity contribution is 6.31. The third kappa shape index (κ3) is 6.47. The monoisotopic (exact) mass is 389 g/mol. The number of benzene rings is 1. The van der Waals surface area contributed by atoms with E-state index in [4.69, 9.17) is 22.1 Å². The van der Waals surface area contributed by atoms with Gasteiger partial charge in [-0.1, -0.05) is 17.7 Å². The Bertz CT molecular complexity index is 593. The lowest BCUT2D eigenvalue weighted by molar-refractivity contribution is -0.124. The smallest absolute Gasteiger partial charge is 0.237 e. The Morgan fingerprint density at radius 3 is 2.72 bits per heavy atom. The molecular weight excluding hydrogens is 365 g/mol. The van der Waals surface area contributed by atoms with Gasteiger partial charge in [-0.15, -0.1) is 12.4 Å². The number of rotatable bonds is 6. The van der Waals surface area contributed by atoms with Crippen molar-refractivity contribution in [1.29, 1.82) is 0 Å². The van der Waals surface area contributed by atoms with E-state index in [-0.39, 0.29) is 43.1 Å². The van der Waals surface area contributed by atoms with Gasteiger partial charge >= 0.3 is 0 Å². The van der Waals surface area contributed by atoms with Crippen molar-refractivity contribution in [2.45, 2.75) is 32.2 Å². The molecule has 1 unspecified atom stereocenters. The minimum absolute atomic E-state index is 0. The lowest BCUT2D eigenvalue weighted by Gasteiger charge is -2.26. The topological polar surface area (TPSA) is 93.5 Å². The summed E-state index contributed by atoms with van der Waals surface area (Å²) in [5.41, 5.74) is 7.48. The second kappa shape index (κ2) is 10.6. The number of hydrogen-bond acceptors (Lipinski definition) is 4. The standard InChI is InChI=1S/C17H24ClN3O3.ClH/c1-11-13(18)3-2-4-14(11)21-15(22)5-8-20-17(23)16(19)12-6-9-24-10-7-12;/h2-4,12,16H,5-10,19H2,1H3,(H,20,23)(H,21,22);1H. The van der Waals surface area contributed by atoms with Gasteiger partial charge in [0.1, 0.15) is 0 Å². The zero-order valence-corrected chi connectivity index (χ0v) is 15.8. The SMILES string of the molecule is Cc1c(Cl)cccc1NC(=O)CCNC(=O)C(N)C1CCOCC1.Cl. The lowest BCUT2D eigenvalue weighted by Crippen LogP contribution is -2.47. The van der Waals surface area contributed by atoms with Crippen molar-refractivity contribution in [2.24, 2.45) is 11.7 Å². The van der Waals surface area contributed by atoms with Crippen molar-refractivity contribution in [2.75, 3.05) is 25.1 Å². The number of ether oxygens (including phenoxy) is 1. The normalized spacial score (nSPS) is 15.8. The van der Waals surface area contributed by atoms with Crippen molar-refractivity contribution in [3.63, 3.8) is 0 Å². The molecule has 2 rings (SSSR count). The predicted octanol–water partition coefficient (Wildman–Crippen LogP) is 2.27. The molecule has 0 aliphatic carbocycles. The maximum atomic E-state index is 12.1. The molecule has 1 aliphatic heterocycles. The molecule has 0 radical (unpaired) electrons. The van der Waals surface area contributed by atoms with Crippen LogP contribution >= 0.6 is 24.0 Å². The van der Waals surface area contributed by atoms with Crippen LogP contribution in [0.5, 0.6) is 0 Å². The highest BCUT2D eigenvalue weighted by Crippen LogP contribution is 2.23. The fourth-order valence-corrected chi connectivity index (χ4v) is 2.84. The zero-order chi connectivity index (χ0) is 17.5. The summed E-state index contributed by atoms with van der Waals surface area (Å²) in [6.45, 7) is 3.38. The molecule has 25 heavy (non-hydrogen) atoms. The Balaban J connectivity index is 0.00000312. The maximum Gasteiger partial charge on any atom is 0.237 e. The van der Waals surface area contributed by atoms with Gasteiger partial charge in [0.15, 0.2) is 0 Å². The first-order valence-electron chi connectivity index (χ1n) is 8.15. The van der Waals surface area contributed by atoms with Crippen LogP contribution in [0.25, 0.3) is 0 Å². The van der Waals surface area contributed by atoms with Crippen molar-refractivity contribution < 1.29 is 14.3 Å². The van der Waals surface area contributed by atoms with E-state index in [9.17, 15) is 9.59 Å². The second-order valence-electron chi connectivity index (χ2n) is 5.98. The highest BCUT2D eigenvalue weighted by atomic mass is 35.5. The van der Waals surface area contributed by atoms with Crippen LogP contribution in [-0.4, -0.2) is 37.6 Å². The number of amides is 2. The van der Waals surface area contributed by atoms with Gasteiger partial charge in [0, 0.05) is 36.9 Å². The van der Waals surface area contributed by atoms with Gasteiger partial charge in [0.25, 0.3) is 0 Å². The summed E-state index contributed by atoms with van der Waals surface area (Å²) in [7, 11) is 0. The molecule has 4 N–H and O–H groups in total. The van der Waals surface area contributed by atoms with Crippen molar-refractivity contribution in [3.05, 3.63) is 28.8 Å². The molecule has 1 saturated heterocycles. The molecule has 2 amide bonds. The van der Waals surface area contributed by atoms with Crippen LogP contribution in [0, 0.1) is 12.8 Å². The number of halogens is 2. The number of nitrogens with one attached hydrogen (secondary N) is 2. The maximum absolute atomic E-state index is 12.1. The van der Waals surface area contributed by atoms with E-state index in [1.54, 1.807) is 18.2 Å². The molecule has 0 spiro atoms. The van der Waals surface area contributed by atoms with Crippen LogP contribution in [0.4, 0.5) is 5.69 Å². The number of carbonyl (C=O) groups is 2. The van der Waals surface area contributed by atoms with Gasteiger partial charge in [-0.3, -0.25) is 9.59 Å². The molecule has 1 heterocycles. The van der Waals surface area contributed by atoms with Gasteiger partial charge in [-0.2, -0.15) is 0 Å². The van der Waals surface area contributed by atoms with Crippen molar-refractivity contribution in [3.8, 4) is 0 Å². The zero-order valence-electron chi connectivity index (χ0n) is 14.2. The minimum Gasteiger partial charge on any atom is -0.381 e. The van der Waals surface area contributed by atoms with Gasteiger partial charge in [-0.25, -0.2) is 0 Å². The Morgan fingerprint density at radius 2 is 2.04 bits per heavy atom. The molecule has 1 aromatic rings. The third-order valence-corrected chi connectivity index (χ3v) is 4.68. The van der Waals surface area contributed by atoms with E-state index in [0.29, 0.717) is 23.9 Å². The Morgan fingerprint density at radius 1 is 1.36 bits per heavy atom. The summed E-state index contributed by atoms with van der Waals surface area (Å²) < 4.78 is 5.27. The molecule has 0 saturated carbocycles. The van der Waals surface area contributed by atoms with E-state index >= 15 is 0 Å². The van der Waals surface area contributed by atoms with Crippen LogP contribution in [0.2, 0.25) is 5.02 Å².